The number of rotatable bonds is 10. The third-order valence-corrected chi connectivity index (χ3v) is 7.84. The summed E-state index contributed by atoms with van der Waals surface area (Å²) in [5.41, 5.74) is 1.62. The molecule has 3 fully saturated rings. The summed E-state index contributed by atoms with van der Waals surface area (Å²) in [5, 5.41) is 9.66. The number of anilines is 3. The molecular weight excluding hydrogens is 450 g/mol. The quantitative estimate of drug-likeness (QED) is 0.334. The number of aromatic nitrogens is 5. The summed E-state index contributed by atoms with van der Waals surface area (Å²) in [7, 11) is 0. The van der Waals surface area contributed by atoms with E-state index in [1.807, 2.05) is 0 Å². The van der Waals surface area contributed by atoms with E-state index >= 15 is 0 Å². The Bertz CT molecular complexity index is 1150. The number of hydrogen-bond donors (Lipinski definition) is 4. The van der Waals surface area contributed by atoms with Gasteiger partial charge in [0.25, 0.3) is 0 Å². The topological polar surface area (TPSA) is 103 Å². The van der Waals surface area contributed by atoms with Crippen LogP contribution >= 0.6 is 0 Å². The van der Waals surface area contributed by atoms with Gasteiger partial charge in [0, 0.05) is 43.5 Å². The van der Waals surface area contributed by atoms with Crippen molar-refractivity contribution in [1.29, 1.82) is 0 Å². The molecular formula is C25H32F2N8. The largest absolute Gasteiger partial charge is 0.354 e. The molecule has 6 rings (SSSR count). The van der Waals surface area contributed by atoms with Crippen molar-refractivity contribution in [3.05, 3.63) is 53.6 Å². The second-order valence-corrected chi connectivity index (χ2v) is 10.2. The van der Waals surface area contributed by atoms with Gasteiger partial charge in [0.05, 0.1) is 6.33 Å². The molecule has 0 radical (unpaired) electrons. The van der Waals surface area contributed by atoms with E-state index < -0.39 is 11.6 Å². The molecule has 2 bridgehead atoms. The van der Waals surface area contributed by atoms with Gasteiger partial charge in [-0.15, -0.1) is 0 Å². The number of nitrogens with zero attached hydrogens (tertiary/aromatic N) is 4. The first-order chi connectivity index (χ1) is 16.9. The zero-order chi connectivity index (χ0) is 24.4. The van der Waals surface area contributed by atoms with Crippen LogP contribution < -0.4 is 16.0 Å². The minimum absolute atomic E-state index is 0.0565. The van der Waals surface area contributed by atoms with Gasteiger partial charge in [0.15, 0.2) is 0 Å². The predicted molar refractivity (Wildman–Crippen MR) is 131 cm³/mol. The van der Waals surface area contributed by atoms with Crippen LogP contribution in [0.1, 0.15) is 44.4 Å². The van der Waals surface area contributed by atoms with Crippen molar-refractivity contribution in [2.45, 2.75) is 46.1 Å². The van der Waals surface area contributed by atoms with E-state index in [1.165, 1.54) is 25.3 Å². The highest BCUT2D eigenvalue weighted by Crippen LogP contribution is 2.61. The fourth-order valence-electron chi connectivity index (χ4n) is 5.63. The number of fused-ring (bicyclic) bond motifs is 2. The molecule has 1 aromatic carbocycles. The van der Waals surface area contributed by atoms with Crippen LogP contribution in [0.15, 0.2) is 30.7 Å². The minimum atomic E-state index is -0.490. The molecule has 0 aliphatic heterocycles. The molecule has 2 heterocycles. The molecule has 3 aromatic rings. The summed E-state index contributed by atoms with van der Waals surface area (Å²) in [6.45, 7) is 6.23. The number of hydrogen-bond acceptors (Lipinski definition) is 7. The Kier molecular flexibility index (Phi) is 6.53. The van der Waals surface area contributed by atoms with Gasteiger partial charge in [0.2, 0.25) is 17.8 Å². The first kappa shape index (κ1) is 23.4. The number of H-pyrrole nitrogens is 1. The Morgan fingerprint density at radius 2 is 1.80 bits per heavy atom. The zero-order valence-electron chi connectivity index (χ0n) is 20.1. The van der Waals surface area contributed by atoms with Crippen LogP contribution in [0.2, 0.25) is 0 Å². The fourth-order valence-corrected chi connectivity index (χ4v) is 5.63. The lowest BCUT2D eigenvalue weighted by Crippen LogP contribution is -2.53. The molecule has 4 N–H and O–H groups in total. The smallest absolute Gasteiger partial charge is 0.229 e. The maximum atomic E-state index is 14.1. The average molecular weight is 483 g/mol. The first-order valence-electron chi connectivity index (χ1n) is 12.3. The van der Waals surface area contributed by atoms with E-state index in [9.17, 15) is 8.78 Å². The molecule has 8 nitrogen and oxygen atoms in total. The second kappa shape index (κ2) is 9.75. The van der Waals surface area contributed by atoms with Gasteiger partial charge in [-0.1, -0.05) is 13.8 Å². The Hall–Kier alpha value is -3.30. The van der Waals surface area contributed by atoms with Gasteiger partial charge in [-0.25, -0.2) is 13.8 Å². The number of aromatic amines is 1. The van der Waals surface area contributed by atoms with Crippen molar-refractivity contribution < 1.29 is 8.78 Å². The lowest BCUT2D eigenvalue weighted by atomic mass is 9.45. The molecule has 3 aliphatic carbocycles. The summed E-state index contributed by atoms with van der Waals surface area (Å²) in [4.78, 5) is 20.6. The highest BCUT2D eigenvalue weighted by atomic mass is 19.1. The van der Waals surface area contributed by atoms with E-state index in [0.29, 0.717) is 35.7 Å². The van der Waals surface area contributed by atoms with Crippen LogP contribution in [-0.2, 0) is 13.0 Å². The number of halogens is 2. The SMILES string of the molecule is CC1(C)[C@H]2CC[C@@H](CNc3nc(NCCc4cnc[nH]4)nc(NCc4cc(F)ccc4F)n3)[C@@H]1C2. The van der Waals surface area contributed by atoms with E-state index in [-0.39, 0.29) is 12.1 Å². The predicted octanol–water partition coefficient (Wildman–Crippen LogP) is 4.62. The molecule has 3 saturated carbocycles. The van der Waals surface area contributed by atoms with Gasteiger partial charge in [-0.05, 0) is 60.6 Å². The molecule has 2 aromatic heterocycles. The highest BCUT2D eigenvalue weighted by Gasteiger charge is 2.53. The summed E-state index contributed by atoms with van der Waals surface area (Å²) in [6.07, 6.45) is 7.95. The van der Waals surface area contributed by atoms with E-state index in [1.54, 1.807) is 12.5 Å². The monoisotopic (exact) mass is 482 g/mol. The van der Waals surface area contributed by atoms with Crippen LogP contribution in [0.3, 0.4) is 0 Å². The van der Waals surface area contributed by atoms with Gasteiger partial charge in [-0.3, -0.25) is 0 Å². The van der Waals surface area contributed by atoms with Crippen LogP contribution in [0.4, 0.5) is 26.6 Å². The standard InChI is InChI=1S/C25H32F2N8/c1-25(2)17-4-3-15(20(25)10-17)11-30-23-33-22(29-8-7-19-13-28-14-32-19)34-24(35-23)31-12-16-9-18(26)5-6-21(16)27/h5-6,9,13-15,17,20H,3-4,7-8,10-12H2,1-2H3,(H,28,32)(H3,29,30,31,33,34,35)/t15-,17-,20-/m0/s1. The minimum Gasteiger partial charge on any atom is -0.354 e. The van der Waals surface area contributed by atoms with Crippen molar-refractivity contribution in [2.75, 3.05) is 29.0 Å². The van der Waals surface area contributed by atoms with Crippen LogP contribution in [0, 0.1) is 34.8 Å². The fraction of sp³-hybridized carbons (Fsp3) is 0.520. The van der Waals surface area contributed by atoms with Crippen LogP contribution in [0.5, 0.6) is 0 Å². The Morgan fingerprint density at radius 1 is 1.03 bits per heavy atom. The van der Waals surface area contributed by atoms with Crippen LogP contribution in [0.25, 0.3) is 0 Å². The third-order valence-electron chi connectivity index (χ3n) is 7.84. The zero-order valence-corrected chi connectivity index (χ0v) is 20.1. The number of imidazole rings is 1. The average Bonchev–Trinajstić information content (AvgIpc) is 3.37. The van der Waals surface area contributed by atoms with Crippen molar-refractivity contribution in [1.82, 2.24) is 24.9 Å². The molecule has 0 unspecified atom stereocenters. The summed E-state index contributed by atoms with van der Waals surface area (Å²) in [5.74, 6) is 2.35. The third kappa shape index (κ3) is 5.21. The Balaban J connectivity index is 1.27. The van der Waals surface area contributed by atoms with Gasteiger partial charge >= 0.3 is 0 Å². The van der Waals surface area contributed by atoms with E-state index in [2.05, 4.69) is 54.7 Å². The van der Waals surface area contributed by atoms with E-state index in [4.69, 9.17) is 0 Å². The molecule has 10 heteroatoms. The van der Waals surface area contributed by atoms with Crippen LogP contribution in [-0.4, -0.2) is 38.0 Å². The summed E-state index contributed by atoms with van der Waals surface area (Å²) < 4.78 is 27.6. The van der Waals surface area contributed by atoms with Crippen molar-refractivity contribution in [3.63, 3.8) is 0 Å². The highest BCUT2D eigenvalue weighted by molar-refractivity contribution is 5.43. The molecule has 186 valence electrons. The molecule has 0 spiro atoms. The maximum absolute atomic E-state index is 14.1. The maximum Gasteiger partial charge on any atom is 0.229 e. The van der Waals surface area contributed by atoms with Gasteiger partial charge in [-0.2, -0.15) is 15.0 Å². The van der Waals surface area contributed by atoms with E-state index in [0.717, 1.165) is 42.6 Å². The molecule has 3 atom stereocenters. The Morgan fingerprint density at radius 3 is 2.51 bits per heavy atom. The van der Waals surface area contributed by atoms with Gasteiger partial charge < -0.3 is 20.9 Å². The van der Waals surface area contributed by atoms with Gasteiger partial charge in [0.1, 0.15) is 11.6 Å². The van der Waals surface area contributed by atoms with Crippen molar-refractivity contribution in [2.24, 2.45) is 23.2 Å². The second-order valence-electron chi connectivity index (χ2n) is 10.2. The summed E-state index contributed by atoms with van der Waals surface area (Å²) in [6, 6.07) is 3.39. The molecule has 0 amide bonds. The lowest BCUT2D eigenvalue weighted by molar-refractivity contribution is -0.100. The van der Waals surface area contributed by atoms with Crippen molar-refractivity contribution >= 4 is 17.8 Å². The normalized spacial score (nSPS) is 22.3. The first-order valence-corrected chi connectivity index (χ1v) is 12.3. The number of nitrogens with one attached hydrogen (secondary N) is 4. The molecule has 35 heavy (non-hydrogen) atoms. The molecule has 0 saturated heterocycles. The molecule has 3 aliphatic rings. The Labute approximate surface area is 203 Å². The lowest BCUT2D eigenvalue weighted by Gasteiger charge is -2.60. The van der Waals surface area contributed by atoms with Crippen molar-refractivity contribution in [3.8, 4) is 0 Å². The number of benzene rings is 1. The summed E-state index contributed by atoms with van der Waals surface area (Å²) >= 11 is 0.